The van der Waals surface area contributed by atoms with E-state index in [1.807, 2.05) is 18.2 Å². The van der Waals surface area contributed by atoms with Crippen LogP contribution in [0.3, 0.4) is 0 Å². The molecule has 3 N–H and O–H groups in total. The molecule has 0 aliphatic carbocycles. The molecule has 2 rings (SSSR count). The van der Waals surface area contributed by atoms with Gasteiger partial charge in [-0.05, 0) is 40.2 Å². The maximum Gasteiger partial charge on any atom is 0.257 e. The second-order valence-electron chi connectivity index (χ2n) is 3.86. The van der Waals surface area contributed by atoms with Gasteiger partial charge in [0.15, 0.2) is 0 Å². The largest absolute Gasteiger partial charge is 0.495 e. The number of rotatable bonds is 3. The number of nitrogens with two attached hydrogens (primary N) is 1. The molecule has 0 bridgehead atoms. The van der Waals surface area contributed by atoms with Gasteiger partial charge in [-0.1, -0.05) is 18.2 Å². The van der Waals surface area contributed by atoms with Gasteiger partial charge in [0.05, 0.1) is 24.0 Å². The zero-order chi connectivity index (χ0) is 13.8. The first-order valence-corrected chi connectivity index (χ1v) is 6.41. The number of para-hydroxylation sites is 2. The Morgan fingerprint density at radius 3 is 2.63 bits per heavy atom. The molecule has 0 atom stereocenters. The smallest absolute Gasteiger partial charge is 0.257 e. The maximum atomic E-state index is 12.2. The number of ether oxygens (including phenoxy) is 1. The minimum absolute atomic E-state index is 0.275. The topological polar surface area (TPSA) is 64.3 Å². The van der Waals surface area contributed by atoms with Crippen molar-refractivity contribution in [3.05, 3.63) is 52.5 Å². The Morgan fingerprint density at radius 2 is 1.95 bits per heavy atom. The highest BCUT2D eigenvalue weighted by atomic mass is 79.9. The third-order valence-electron chi connectivity index (χ3n) is 2.65. The number of carbonyl (C=O) groups is 1. The number of amides is 1. The van der Waals surface area contributed by atoms with Crippen LogP contribution in [0.5, 0.6) is 5.75 Å². The molecule has 0 aliphatic rings. The van der Waals surface area contributed by atoms with Crippen LogP contribution in [0.1, 0.15) is 10.4 Å². The zero-order valence-electron chi connectivity index (χ0n) is 10.3. The van der Waals surface area contributed by atoms with E-state index >= 15 is 0 Å². The number of benzene rings is 2. The number of nitrogen functional groups attached to an aromatic ring is 1. The van der Waals surface area contributed by atoms with Crippen molar-refractivity contribution in [3.63, 3.8) is 0 Å². The third-order valence-corrected chi connectivity index (χ3v) is 3.34. The quantitative estimate of drug-likeness (QED) is 0.853. The van der Waals surface area contributed by atoms with Crippen LogP contribution in [0.25, 0.3) is 0 Å². The van der Waals surface area contributed by atoms with Gasteiger partial charge < -0.3 is 15.8 Å². The van der Waals surface area contributed by atoms with Gasteiger partial charge >= 0.3 is 0 Å². The molecule has 19 heavy (non-hydrogen) atoms. The summed E-state index contributed by atoms with van der Waals surface area (Å²) < 4.78 is 5.91. The molecule has 5 heteroatoms. The first kappa shape index (κ1) is 13.4. The molecule has 0 heterocycles. The van der Waals surface area contributed by atoms with Gasteiger partial charge in [-0.3, -0.25) is 4.79 Å². The summed E-state index contributed by atoms with van der Waals surface area (Å²) in [6.45, 7) is 0. The Hall–Kier alpha value is -2.01. The van der Waals surface area contributed by atoms with Gasteiger partial charge in [-0.25, -0.2) is 0 Å². The number of nitrogens with one attached hydrogen (secondary N) is 1. The van der Waals surface area contributed by atoms with Crippen LogP contribution in [-0.2, 0) is 0 Å². The first-order chi connectivity index (χ1) is 9.13. The average Bonchev–Trinajstić information content (AvgIpc) is 2.41. The monoisotopic (exact) mass is 320 g/mol. The molecule has 0 radical (unpaired) electrons. The molecule has 4 nitrogen and oxygen atoms in total. The van der Waals surface area contributed by atoms with E-state index < -0.39 is 0 Å². The fraction of sp³-hybridized carbons (Fsp3) is 0.0714. The van der Waals surface area contributed by atoms with Crippen molar-refractivity contribution in [2.45, 2.75) is 0 Å². The van der Waals surface area contributed by atoms with Crippen molar-refractivity contribution in [1.29, 1.82) is 0 Å². The second kappa shape index (κ2) is 5.75. The van der Waals surface area contributed by atoms with Gasteiger partial charge in [0.25, 0.3) is 5.91 Å². The van der Waals surface area contributed by atoms with E-state index in [4.69, 9.17) is 10.5 Å². The second-order valence-corrected chi connectivity index (χ2v) is 4.71. The Kier molecular flexibility index (Phi) is 4.06. The van der Waals surface area contributed by atoms with Gasteiger partial charge in [0.1, 0.15) is 5.75 Å². The summed E-state index contributed by atoms with van der Waals surface area (Å²) in [5.41, 5.74) is 7.29. The Morgan fingerprint density at radius 1 is 1.21 bits per heavy atom. The molecule has 0 fully saturated rings. The van der Waals surface area contributed by atoms with Crippen LogP contribution in [0.15, 0.2) is 46.9 Å². The Bertz CT molecular complexity index is 614. The number of carbonyl (C=O) groups excluding carboxylic acids is 1. The fourth-order valence-electron chi connectivity index (χ4n) is 1.67. The summed E-state index contributed by atoms with van der Waals surface area (Å²) in [6.07, 6.45) is 0. The van der Waals surface area contributed by atoms with Gasteiger partial charge in [0, 0.05) is 4.47 Å². The van der Waals surface area contributed by atoms with Gasteiger partial charge in [0.2, 0.25) is 0 Å². The number of halogens is 1. The van der Waals surface area contributed by atoms with Crippen LogP contribution in [-0.4, -0.2) is 13.0 Å². The van der Waals surface area contributed by atoms with E-state index in [0.29, 0.717) is 22.7 Å². The first-order valence-electron chi connectivity index (χ1n) is 5.62. The molecule has 0 saturated heterocycles. The SMILES string of the molecule is COc1cccc(C(=O)Nc2ccccc2Br)c1N. The highest BCUT2D eigenvalue weighted by Crippen LogP contribution is 2.27. The predicted octanol–water partition coefficient (Wildman–Crippen LogP) is 3.29. The standard InChI is InChI=1S/C14H13BrN2O2/c1-19-12-8-4-5-9(13(12)16)14(18)17-11-7-3-2-6-10(11)15/h2-8H,16H2,1H3,(H,17,18). The molecular weight excluding hydrogens is 308 g/mol. The van der Waals surface area contributed by atoms with E-state index in [9.17, 15) is 4.79 Å². The van der Waals surface area contributed by atoms with E-state index in [1.165, 1.54) is 7.11 Å². The summed E-state index contributed by atoms with van der Waals surface area (Å²) in [5.74, 6) is 0.211. The van der Waals surface area contributed by atoms with Gasteiger partial charge in [-0.2, -0.15) is 0 Å². The normalized spacial score (nSPS) is 10.0. The molecule has 0 spiro atoms. The zero-order valence-corrected chi connectivity index (χ0v) is 11.9. The molecule has 0 saturated carbocycles. The molecule has 2 aromatic rings. The summed E-state index contributed by atoms with van der Waals surface area (Å²) in [7, 11) is 1.52. The lowest BCUT2D eigenvalue weighted by molar-refractivity contribution is 0.102. The maximum absolute atomic E-state index is 12.2. The minimum Gasteiger partial charge on any atom is -0.495 e. The van der Waals surface area contributed by atoms with E-state index in [1.54, 1.807) is 24.3 Å². The lowest BCUT2D eigenvalue weighted by Gasteiger charge is -2.11. The molecule has 0 unspecified atom stereocenters. The van der Waals surface area contributed by atoms with Crippen LogP contribution >= 0.6 is 15.9 Å². The average molecular weight is 321 g/mol. The summed E-state index contributed by atoms with van der Waals surface area (Å²) in [6, 6.07) is 12.5. The Balaban J connectivity index is 2.28. The van der Waals surface area contributed by atoms with Crippen molar-refractivity contribution in [1.82, 2.24) is 0 Å². The summed E-state index contributed by atoms with van der Waals surface area (Å²) in [5, 5.41) is 2.80. The summed E-state index contributed by atoms with van der Waals surface area (Å²) >= 11 is 3.37. The van der Waals surface area contributed by atoms with Crippen molar-refractivity contribution in [2.24, 2.45) is 0 Å². The van der Waals surface area contributed by atoms with Crippen molar-refractivity contribution in [3.8, 4) is 5.75 Å². The molecule has 0 aliphatic heterocycles. The van der Waals surface area contributed by atoms with E-state index in [2.05, 4.69) is 21.2 Å². The fourth-order valence-corrected chi connectivity index (χ4v) is 2.06. The lowest BCUT2D eigenvalue weighted by atomic mass is 10.1. The predicted molar refractivity (Wildman–Crippen MR) is 79.5 cm³/mol. The van der Waals surface area contributed by atoms with Crippen LogP contribution in [0.4, 0.5) is 11.4 Å². The van der Waals surface area contributed by atoms with Crippen molar-refractivity contribution in [2.75, 3.05) is 18.2 Å². The highest BCUT2D eigenvalue weighted by Gasteiger charge is 2.13. The number of hydrogen-bond acceptors (Lipinski definition) is 3. The van der Waals surface area contributed by atoms with Gasteiger partial charge in [-0.15, -0.1) is 0 Å². The summed E-state index contributed by atoms with van der Waals surface area (Å²) in [4.78, 5) is 12.2. The van der Waals surface area contributed by atoms with Crippen LogP contribution < -0.4 is 15.8 Å². The highest BCUT2D eigenvalue weighted by molar-refractivity contribution is 9.10. The molecule has 1 amide bonds. The molecular formula is C14H13BrN2O2. The molecule has 98 valence electrons. The molecule has 0 aromatic heterocycles. The molecule has 2 aromatic carbocycles. The van der Waals surface area contributed by atoms with E-state index in [0.717, 1.165) is 4.47 Å². The van der Waals surface area contributed by atoms with Crippen LogP contribution in [0, 0.1) is 0 Å². The third kappa shape index (κ3) is 2.88. The van der Waals surface area contributed by atoms with Crippen molar-refractivity contribution >= 4 is 33.2 Å². The van der Waals surface area contributed by atoms with E-state index in [-0.39, 0.29) is 5.91 Å². The Labute approximate surface area is 119 Å². The number of methoxy groups -OCH3 is 1. The lowest BCUT2D eigenvalue weighted by Crippen LogP contribution is -2.14. The minimum atomic E-state index is -0.275. The number of anilines is 2. The number of hydrogen-bond donors (Lipinski definition) is 2. The van der Waals surface area contributed by atoms with Crippen molar-refractivity contribution < 1.29 is 9.53 Å². The van der Waals surface area contributed by atoms with Crippen LogP contribution in [0.2, 0.25) is 0 Å².